The van der Waals surface area contributed by atoms with Gasteiger partial charge in [-0.25, -0.2) is 4.79 Å². The van der Waals surface area contributed by atoms with E-state index in [1.54, 1.807) is 13.8 Å². The van der Waals surface area contributed by atoms with Crippen molar-refractivity contribution in [2.45, 2.75) is 13.8 Å². The molecule has 1 N–H and O–H groups in total. The maximum atomic E-state index is 10.8. The number of carbonyl (C=O) groups is 1. The Bertz CT molecular complexity index is 219. The molecule has 0 unspecified atom stereocenters. The standard InChI is InChI=1S/C7H11NO4/c1-4(2)6(9)5(8-11)7(10)12-3/h4,9H,1-3H3/b6-5+. The van der Waals surface area contributed by atoms with Crippen molar-refractivity contribution in [3.8, 4) is 0 Å². The molecular formula is C7H11NO4. The van der Waals surface area contributed by atoms with Crippen LogP contribution in [0.15, 0.2) is 16.6 Å². The lowest BCUT2D eigenvalue weighted by Crippen LogP contribution is -2.08. The summed E-state index contributed by atoms with van der Waals surface area (Å²) in [6, 6.07) is 0. The third-order valence-corrected chi connectivity index (χ3v) is 1.26. The molecule has 0 radical (unpaired) electrons. The molecule has 0 fully saturated rings. The number of nitrogens with zero attached hydrogens (tertiary/aromatic N) is 1. The Morgan fingerprint density at radius 3 is 2.25 bits per heavy atom. The summed E-state index contributed by atoms with van der Waals surface area (Å²) >= 11 is 0. The van der Waals surface area contributed by atoms with E-state index >= 15 is 0 Å². The molecule has 0 aromatic carbocycles. The van der Waals surface area contributed by atoms with Crippen LogP contribution in [0, 0.1) is 10.8 Å². The largest absolute Gasteiger partial charge is 0.509 e. The average molecular weight is 173 g/mol. The summed E-state index contributed by atoms with van der Waals surface area (Å²) < 4.78 is 4.22. The normalized spacial score (nSPS) is 12.3. The summed E-state index contributed by atoms with van der Waals surface area (Å²) in [7, 11) is 1.11. The van der Waals surface area contributed by atoms with E-state index < -0.39 is 11.7 Å². The van der Waals surface area contributed by atoms with E-state index in [9.17, 15) is 14.8 Å². The van der Waals surface area contributed by atoms with Gasteiger partial charge in [0.1, 0.15) is 5.76 Å². The quantitative estimate of drug-likeness (QED) is 0.302. The van der Waals surface area contributed by atoms with Gasteiger partial charge >= 0.3 is 5.97 Å². The van der Waals surface area contributed by atoms with Crippen molar-refractivity contribution in [2.24, 2.45) is 11.1 Å². The first-order valence-corrected chi connectivity index (χ1v) is 3.39. The number of ether oxygens (including phenoxy) is 1. The van der Waals surface area contributed by atoms with Crippen molar-refractivity contribution in [1.29, 1.82) is 0 Å². The second-order valence-electron chi connectivity index (χ2n) is 2.47. The molecule has 0 amide bonds. The molecule has 0 atom stereocenters. The predicted molar refractivity (Wildman–Crippen MR) is 42.3 cm³/mol. The fourth-order valence-corrected chi connectivity index (χ4v) is 0.559. The van der Waals surface area contributed by atoms with Crippen molar-refractivity contribution in [3.63, 3.8) is 0 Å². The SMILES string of the molecule is COC(=O)/C(N=O)=C(\O)C(C)C. The van der Waals surface area contributed by atoms with Gasteiger partial charge < -0.3 is 9.84 Å². The second-order valence-corrected chi connectivity index (χ2v) is 2.47. The number of hydrogen-bond acceptors (Lipinski definition) is 5. The number of allylic oxidation sites excluding steroid dienone is 1. The van der Waals surface area contributed by atoms with Gasteiger partial charge in [0, 0.05) is 5.92 Å². The van der Waals surface area contributed by atoms with Crippen LogP contribution in [-0.4, -0.2) is 18.2 Å². The van der Waals surface area contributed by atoms with Crippen LogP contribution in [0.4, 0.5) is 0 Å². The van der Waals surface area contributed by atoms with Gasteiger partial charge in [-0.2, -0.15) is 0 Å². The maximum absolute atomic E-state index is 10.8. The van der Waals surface area contributed by atoms with Gasteiger partial charge in [-0.1, -0.05) is 13.8 Å². The molecule has 0 spiro atoms. The minimum atomic E-state index is -0.920. The summed E-state index contributed by atoms with van der Waals surface area (Å²) in [6.07, 6.45) is 0. The lowest BCUT2D eigenvalue weighted by molar-refractivity contribution is -0.136. The maximum Gasteiger partial charge on any atom is 0.363 e. The van der Waals surface area contributed by atoms with Gasteiger partial charge in [0.2, 0.25) is 5.70 Å². The lowest BCUT2D eigenvalue weighted by Gasteiger charge is -2.04. The topological polar surface area (TPSA) is 76.0 Å². The van der Waals surface area contributed by atoms with E-state index in [4.69, 9.17) is 0 Å². The van der Waals surface area contributed by atoms with E-state index in [0.29, 0.717) is 0 Å². The van der Waals surface area contributed by atoms with Gasteiger partial charge in [0.25, 0.3) is 0 Å². The van der Waals surface area contributed by atoms with E-state index in [0.717, 1.165) is 7.11 Å². The van der Waals surface area contributed by atoms with E-state index in [-0.39, 0.29) is 11.7 Å². The van der Waals surface area contributed by atoms with Crippen LogP contribution in [-0.2, 0) is 9.53 Å². The molecule has 12 heavy (non-hydrogen) atoms. The van der Waals surface area contributed by atoms with Crippen LogP contribution in [0.1, 0.15) is 13.8 Å². The van der Waals surface area contributed by atoms with Gasteiger partial charge in [0.05, 0.1) is 7.11 Å². The van der Waals surface area contributed by atoms with Gasteiger partial charge in [-0.05, 0) is 5.18 Å². The van der Waals surface area contributed by atoms with Crippen molar-refractivity contribution >= 4 is 5.97 Å². The summed E-state index contributed by atoms with van der Waals surface area (Å²) in [5, 5.41) is 11.6. The Kier molecular flexibility index (Phi) is 3.96. The molecule has 68 valence electrons. The number of aliphatic hydroxyl groups is 1. The molecule has 0 saturated carbocycles. The van der Waals surface area contributed by atoms with Crippen molar-refractivity contribution in [1.82, 2.24) is 0 Å². The van der Waals surface area contributed by atoms with Crippen LogP contribution in [0.5, 0.6) is 0 Å². The number of carbonyl (C=O) groups excluding carboxylic acids is 1. The van der Waals surface area contributed by atoms with Crippen LogP contribution in [0.25, 0.3) is 0 Å². The number of hydrogen-bond donors (Lipinski definition) is 1. The zero-order valence-corrected chi connectivity index (χ0v) is 7.20. The molecular weight excluding hydrogens is 162 g/mol. The Balaban J connectivity index is 4.85. The fraction of sp³-hybridized carbons (Fsp3) is 0.571. The summed E-state index contributed by atoms with van der Waals surface area (Å²) in [4.78, 5) is 20.8. The number of nitroso groups, excluding NO2 is 1. The van der Waals surface area contributed by atoms with Crippen molar-refractivity contribution in [2.75, 3.05) is 7.11 Å². The number of rotatable bonds is 3. The smallest absolute Gasteiger partial charge is 0.363 e. The Morgan fingerprint density at radius 1 is 1.50 bits per heavy atom. The minimum absolute atomic E-state index is 0.322. The molecule has 0 rings (SSSR count). The van der Waals surface area contributed by atoms with Crippen LogP contribution in [0.2, 0.25) is 0 Å². The molecule has 0 heterocycles. The highest BCUT2D eigenvalue weighted by atomic mass is 16.5. The Labute approximate surface area is 70.0 Å². The van der Waals surface area contributed by atoms with Crippen LogP contribution >= 0.6 is 0 Å². The van der Waals surface area contributed by atoms with Gasteiger partial charge in [-0.15, -0.1) is 4.91 Å². The third kappa shape index (κ3) is 2.34. The number of esters is 1. The first-order valence-electron chi connectivity index (χ1n) is 3.39. The lowest BCUT2D eigenvalue weighted by atomic mass is 10.1. The Hall–Kier alpha value is -1.39. The van der Waals surface area contributed by atoms with Crippen LogP contribution in [0.3, 0.4) is 0 Å². The highest BCUT2D eigenvalue weighted by Crippen LogP contribution is 2.13. The number of aliphatic hydroxyl groups excluding tert-OH is 1. The highest BCUT2D eigenvalue weighted by molar-refractivity contribution is 5.88. The minimum Gasteiger partial charge on any atom is -0.509 e. The van der Waals surface area contributed by atoms with Crippen molar-refractivity contribution < 1.29 is 14.6 Å². The van der Waals surface area contributed by atoms with Gasteiger partial charge in [-0.3, -0.25) is 0 Å². The molecule has 0 aromatic rings. The van der Waals surface area contributed by atoms with Crippen LogP contribution < -0.4 is 0 Å². The summed E-state index contributed by atoms with van der Waals surface area (Å²) in [6.45, 7) is 3.26. The molecule has 0 aliphatic rings. The molecule has 0 bridgehead atoms. The molecule has 0 aliphatic carbocycles. The third-order valence-electron chi connectivity index (χ3n) is 1.26. The second kappa shape index (κ2) is 4.48. The summed E-state index contributed by atoms with van der Waals surface area (Å²) in [5.74, 6) is -1.59. The highest BCUT2D eigenvalue weighted by Gasteiger charge is 2.18. The summed E-state index contributed by atoms with van der Waals surface area (Å²) in [5.41, 5.74) is -0.562. The zero-order valence-electron chi connectivity index (χ0n) is 7.20. The fourth-order valence-electron chi connectivity index (χ4n) is 0.559. The molecule has 5 nitrogen and oxygen atoms in total. The molecule has 0 aromatic heterocycles. The molecule has 0 saturated heterocycles. The zero-order chi connectivity index (χ0) is 9.72. The number of methoxy groups -OCH3 is 1. The average Bonchev–Trinajstić information content (AvgIpc) is 2.05. The first kappa shape index (κ1) is 10.6. The van der Waals surface area contributed by atoms with Gasteiger partial charge in [0.15, 0.2) is 0 Å². The molecule has 0 aliphatic heterocycles. The first-order chi connectivity index (χ1) is 5.54. The predicted octanol–water partition coefficient (Wildman–Crippen LogP) is 1.35. The van der Waals surface area contributed by atoms with Crippen molar-refractivity contribution in [3.05, 3.63) is 16.4 Å². The van der Waals surface area contributed by atoms with E-state index in [2.05, 4.69) is 9.91 Å². The monoisotopic (exact) mass is 173 g/mol. The Morgan fingerprint density at radius 2 is 2.00 bits per heavy atom. The molecule has 5 heteroatoms. The van der Waals surface area contributed by atoms with E-state index in [1.807, 2.05) is 0 Å². The van der Waals surface area contributed by atoms with E-state index in [1.165, 1.54) is 0 Å².